The minimum Gasteiger partial charge on any atom is -0.303 e. The second-order valence-electron chi connectivity index (χ2n) is 5.31. The van der Waals surface area contributed by atoms with Crippen molar-refractivity contribution >= 4 is 21.7 Å². The van der Waals surface area contributed by atoms with Gasteiger partial charge in [0.1, 0.15) is 0 Å². The van der Waals surface area contributed by atoms with E-state index in [0.29, 0.717) is 31.6 Å². The van der Waals surface area contributed by atoms with E-state index in [1.165, 1.54) is 0 Å². The van der Waals surface area contributed by atoms with Crippen LogP contribution in [0.15, 0.2) is 28.7 Å². The van der Waals surface area contributed by atoms with Crippen LogP contribution in [0.4, 0.5) is 13.2 Å². The summed E-state index contributed by atoms with van der Waals surface area (Å²) >= 11 is 3.33. The lowest BCUT2D eigenvalue weighted by Gasteiger charge is -2.32. The number of carbonyl (C=O) groups excluding carboxylic acids is 1. The molecule has 6 heteroatoms. The third kappa shape index (κ3) is 4.54. The molecule has 1 aromatic carbocycles. The van der Waals surface area contributed by atoms with Crippen molar-refractivity contribution in [2.24, 2.45) is 5.92 Å². The number of nitrogens with zero attached hydrogens (tertiary/aromatic N) is 1. The van der Waals surface area contributed by atoms with Gasteiger partial charge in [-0.15, -0.1) is 0 Å². The fourth-order valence-corrected chi connectivity index (χ4v) is 3.07. The van der Waals surface area contributed by atoms with Gasteiger partial charge in [0.15, 0.2) is 5.78 Å². The first-order valence-corrected chi connectivity index (χ1v) is 7.74. The Bertz CT molecular complexity index is 496. The smallest absolute Gasteiger partial charge is 0.303 e. The number of benzene rings is 1. The molecule has 0 radical (unpaired) electrons. The molecule has 0 N–H and O–H groups in total. The largest absolute Gasteiger partial charge is 0.391 e. The van der Waals surface area contributed by atoms with E-state index in [1.807, 2.05) is 17.0 Å². The summed E-state index contributed by atoms with van der Waals surface area (Å²) < 4.78 is 38.5. The van der Waals surface area contributed by atoms with E-state index in [9.17, 15) is 18.0 Å². The molecule has 0 aliphatic carbocycles. The Morgan fingerprint density at radius 2 is 1.86 bits per heavy atom. The highest BCUT2D eigenvalue weighted by molar-refractivity contribution is 9.10. The topological polar surface area (TPSA) is 20.3 Å². The van der Waals surface area contributed by atoms with Crippen molar-refractivity contribution in [2.75, 3.05) is 19.6 Å². The van der Waals surface area contributed by atoms with E-state index in [4.69, 9.17) is 0 Å². The van der Waals surface area contributed by atoms with Crippen LogP contribution in [0, 0.1) is 5.92 Å². The highest BCUT2D eigenvalue weighted by Crippen LogP contribution is 2.34. The number of likely N-dealkylation sites (tertiary alicyclic amines) is 1. The van der Waals surface area contributed by atoms with Crippen LogP contribution in [0.2, 0.25) is 0 Å². The van der Waals surface area contributed by atoms with Gasteiger partial charge in [0, 0.05) is 23.0 Å². The molecule has 1 aliphatic heterocycles. The molecule has 1 saturated heterocycles. The van der Waals surface area contributed by atoms with Gasteiger partial charge in [0.25, 0.3) is 0 Å². The number of hydrogen-bond acceptors (Lipinski definition) is 2. The summed E-state index contributed by atoms with van der Waals surface area (Å²) in [5.74, 6) is -1.17. The molecule has 21 heavy (non-hydrogen) atoms. The summed E-state index contributed by atoms with van der Waals surface area (Å²) in [6.07, 6.45) is -3.49. The predicted octanol–water partition coefficient (Wildman–Crippen LogP) is 4.30. The molecule has 2 nitrogen and oxygen atoms in total. The molecule has 0 spiro atoms. The minimum absolute atomic E-state index is 0.0143. The Balaban J connectivity index is 1.80. The molecule has 0 unspecified atom stereocenters. The molecule has 0 aromatic heterocycles. The second kappa shape index (κ2) is 6.92. The zero-order valence-corrected chi connectivity index (χ0v) is 13.1. The molecule has 116 valence electrons. The number of alkyl halides is 3. The SMILES string of the molecule is O=C(CCN1CCC(C(F)(F)F)CC1)c1ccccc1Br. The van der Waals surface area contributed by atoms with Crippen molar-refractivity contribution in [3.8, 4) is 0 Å². The third-order valence-corrected chi connectivity index (χ3v) is 4.57. The molecule has 0 atom stereocenters. The van der Waals surface area contributed by atoms with Crippen LogP contribution >= 0.6 is 15.9 Å². The Morgan fingerprint density at radius 1 is 1.24 bits per heavy atom. The fraction of sp³-hybridized carbons (Fsp3) is 0.533. The van der Waals surface area contributed by atoms with Gasteiger partial charge in [-0.2, -0.15) is 13.2 Å². The molecule has 1 fully saturated rings. The van der Waals surface area contributed by atoms with Gasteiger partial charge in [0.05, 0.1) is 5.92 Å². The van der Waals surface area contributed by atoms with Crippen molar-refractivity contribution in [1.82, 2.24) is 4.90 Å². The van der Waals surface area contributed by atoms with E-state index < -0.39 is 12.1 Å². The summed E-state index contributed by atoms with van der Waals surface area (Å²) in [5.41, 5.74) is 0.627. The van der Waals surface area contributed by atoms with Crippen molar-refractivity contribution in [1.29, 1.82) is 0 Å². The second-order valence-corrected chi connectivity index (χ2v) is 6.16. The highest BCUT2D eigenvalue weighted by Gasteiger charge is 2.40. The lowest BCUT2D eigenvalue weighted by atomic mass is 9.96. The molecular weight excluding hydrogens is 347 g/mol. The highest BCUT2D eigenvalue weighted by atomic mass is 79.9. The summed E-state index contributed by atoms with van der Waals surface area (Å²) in [6.45, 7) is 1.34. The molecule has 1 aliphatic rings. The Labute approximate surface area is 130 Å². The maximum Gasteiger partial charge on any atom is 0.391 e. The first-order chi connectivity index (χ1) is 9.88. The third-order valence-electron chi connectivity index (χ3n) is 3.88. The summed E-state index contributed by atoms with van der Waals surface area (Å²) in [4.78, 5) is 14.0. The lowest BCUT2D eigenvalue weighted by molar-refractivity contribution is -0.185. The molecule has 0 amide bonds. The van der Waals surface area contributed by atoms with Crippen molar-refractivity contribution < 1.29 is 18.0 Å². The minimum atomic E-state index is -4.09. The van der Waals surface area contributed by atoms with Crippen LogP contribution in [-0.4, -0.2) is 36.5 Å². The van der Waals surface area contributed by atoms with Crippen LogP contribution in [0.5, 0.6) is 0 Å². The van der Waals surface area contributed by atoms with Crippen molar-refractivity contribution in [3.05, 3.63) is 34.3 Å². The van der Waals surface area contributed by atoms with Crippen molar-refractivity contribution in [3.63, 3.8) is 0 Å². The van der Waals surface area contributed by atoms with Gasteiger partial charge in [-0.25, -0.2) is 0 Å². The number of rotatable bonds is 4. The van der Waals surface area contributed by atoms with Gasteiger partial charge in [-0.3, -0.25) is 4.79 Å². The molecule has 2 rings (SSSR count). The first kappa shape index (κ1) is 16.5. The Kier molecular flexibility index (Phi) is 5.43. The van der Waals surface area contributed by atoms with Crippen molar-refractivity contribution in [2.45, 2.75) is 25.4 Å². The van der Waals surface area contributed by atoms with Crippen LogP contribution < -0.4 is 0 Å². The molecule has 0 bridgehead atoms. The van der Waals surface area contributed by atoms with Gasteiger partial charge in [0.2, 0.25) is 0 Å². The van der Waals surface area contributed by atoms with E-state index >= 15 is 0 Å². The maximum absolute atomic E-state index is 12.6. The quantitative estimate of drug-likeness (QED) is 0.743. The van der Waals surface area contributed by atoms with E-state index in [-0.39, 0.29) is 18.6 Å². The average Bonchev–Trinajstić information content (AvgIpc) is 2.45. The normalized spacial score (nSPS) is 17.9. The Hall–Kier alpha value is -0.880. The number of hydrogen-bond donors (Lipinski definition) is 0. The monoisotopic (exact) mass is 363 g/mol. The van der Waals surface area contributed by atoms with E-state index in [2.05, 4.69) is 15.9 Å². The maximum atomic E-state index is 12.6. The lowest BCUT2D eigenvalue weighted by Crippen LogP contribution is -2.39. The summed E-state index contributed by atoms with van der Waals surface area (Å²) in [7, 11) is 0. The van der Waals surface area contributed by atoms with Crippen LogP contribution in [0.25, 0.3) is 0 Å². The molecule has 1 aromatic rings. The number of Topliss-reactive ketones (excluding diaryl/α,β-unsaturated/α-hetero) is 1. The fourth-order valence-electron chi connectivity index (χ4n) is 2.57. The predicted molar refractivity (Wildman–Crippen MR) is 78.3 cm³/mol. The molecule has 1 heterocycles. The van der Waals surface area contributed by atoms with Gasteiger partial charge in [-0.1, -0.05) is 34.1 Å². The summed E-state index contributed by atoms with van der Waals surface area (Å²) in [6, 6.07) is 7.19. The standard InChI is InChI=1S/C15H17BrF3NO/c16-13-4-2-1-3-12(13)14(21)7-10-20-8-5-11(6-9-20)15(17,18)19/h1-4,11H,5-10H2. The van der Waals surface area contributed by atoms with Crippen LogP contribution in [0.3, 0.4) is 0 Å². The Morgan fingerprint density at radius 3 is 2.43 bits per heavy atom. The molecule has 0 saturated carbocycles. The zero-order chi connectivity index (χ0) is 15.5. The number of ketones is 1. The van der Waals surface area contributed by atoms with Gasteiger partial charge >= 0.3 is 6.18 Å². The number of carbonyl (C=O) groups is 1. The van der Waals surface area contributed by atoms with Crippen LogP contribution in [-0.2, 0) is 0 Å². The number of piperidine rings is 1. The van der Waals surface area contributed by atoms with E-state index in [0.717, 1.165) is 4.47 Å². The zero-order valence-electron chi connectivity index (χ0n) is 11.5. The average molecular weight is 364 g/mol. The van der Waals surface area contributed by atoms with Crippen LogP contribution in [0.1, 0.15) is 29.6 Å². The number of halogens is 4. The van der Waals surface area contributed by atoms with E-state index in [1.54, 1.807) is 12.1 Å². The first-order valence-electron chi connectivity index (χ1n) is 6.94. The van der Waals surface area contributed by atoms with Gasteiger partial charge < -0.3 is 4.90 Å². The molecular formula is C15H17BrF3NO. The van der Waals surface area contributed by atoms with Gasteiger partial charge in [-0.05, 0) is 32.0 Å². The summed E-state index contributed by atoms with van der Waals surface area (Å²) in [5, 5.41) is 0.